The summed E-state index contributed by atoms with van der Waals surface area (Å²) >= 11 is 0. The van der Waals surface area contributed by atoms with E-state index in [-0.39, 0.29) is 24.3 Å². The SMILES string of the molecule is CCOc1ccc([C@@H](C)N)c(F)c1.Cl. The zero-order valence-electron chi connectivity index (χ0n) is 8.29. The van der Waals surface area contributed by atoms with E-state index in [9.17, 15) is 4.39 Å². The van der Waals surface area contributed by atoms with Gasteiger partial charge in [0.25, 0.3) is 0 Å². The lowest BCUT2D eigenvalue weighted by molar-refractivity contribution is 0.338. The van der Waals surface area contributed by atoms with Crippen LogP contribution in [0.1, 0.15) is 25.5 Å². The summed E-state index contributed by atoms with van der Waals surface area (Å²) in [6.45, 7) is 4.15. The number of hydrogen-bond acceptors (Lipinski definition) is 2. The van der Waals surface area contributed by atoms with Crippen LogP contribution >= 0.6 is 12.4 Å². The fourth-order valence-corrected chi connectivity index (χ4v) is 1.13. The molecular weight excluding hydrogens is 205 g/mol. The van der Waals surface area contributed by atoms with Gasteiger partial charge in [-0.15, -0.1) is 12.4 Å². The lowest BCUT2D eigenvalue weighted by Gasteiger charge is -2.09. The van der Waals surface area contributed by atoms with Crippen molar-refractivity contribution in [2.24, 2.45) is 5.73 Å². The van der Waals surface area contributed by atoms with Crippen molar-refractivity contribution in [2.45, 2.75) is 19.9 Å². The summed E-state index contributed by atoms with van der Waals surface area (Å²) in [5.74, 6) is 0.241. The van der Waals surface area contributed by atoms with Crippen LogP contribution in [0.25, 0.3) is 0 Å². The van der Waals surface area contributed by atoms with Gasteiger partial charge in [0, 0.05) is 17.7 Å². The summed E-state index contributed by atoms with van der Waals surface area (Å²) in [6.07, 6.45) is 0. The van der Waals surface area contributed by atoms with Gasteiger partial charge < -0.3 is 10.5 Å². The van der Waals surface area contributed by atoms with Crippen molar-refractivity contribution in [3.63, 3.8) is 0 Å². The van der Waals surface area contributed by atoms with Crippen LogP contribution in [0.15, 0.2) is 18.2 Å². The second kappa shape index (κ2) is 5.83. The molecule has 2 N–H and O–H groups in total. The number of ether oxygens (including phenoxy) is 1. The Hall–Kier alpha value is -0.800. The molecule has 1 atom stereocenters. The molecule has 2 nitrogen and oxygen atoms in total. The van der Waals surface area contributed by atoms with Gasteiger partial charge in [-0.3, -0.25) is 0 Å². The van der Waals surface area contributed by atoms with Crippen molar-refractivity contribution >= 4 is 12.4 Å². The second-order valence-electron chi connectivity index (χ2n) is 2.91. The van der Waals surface area contributed by atoms with E-state index in [0.29, 0.717) is 17.9 Å². The zero-order chi connectivity index (χ0) is 9.84. The van der Waals surface area contributed by atoms with Gasteiger partial charge in [0.15, 0.2) is 0 Å². The zero-order valence-corrected chi connectivity index (χ0v) is 9.10. The average Bonchev–Trinajstić information content (AvgIpc) is 2.04. The van der Waals surface area contributed by atoms with Crippen LogP contribution < -0.4 is 10.5 Å². The van der Waals surface area contributed by atoms with Crippen LogP contribution in [-0.2, 0) is 0 Å². The lowest BCUT2D eigenvalue weighted by Crippen LogP contribution is -2.07. The fourth-order valence-electron chi connectivity index (χ4n) is 1.13. The first-order valence-electron chi connectivity index (χ1n) is 4.33. The summed E-state index contributed by atoms with van der Waals surface area (Å²) in [5, 5.41) is 0. The molecule has 80 valence electrons. The summed E-state index contributed by atoms with van der Waals surface area (Å²) in [6, 6.07) is 4.47. The predicted molar refractivity (Wildman–Crippen MR) is 57.4 cm³/mol. The predicted octanol–water partition coefficient (Wildman–Crippen LogP) is 2.67. The van der Waals surface area contributed by atoms with Crippen molar-refractivity contribution in [2.75, 3.05) is 6.61 Å². The average molecular weight is 220 g/mol. The normalized spacial score (nSPS) is 11.7. The molecule has 1 rings (SSSR count). The number of rotatable bonds is 3. The Balaban J connectivity index is 0.00000169. The molecule has 0 fully saturated rings. The van der Waals surface area contributed by atoms with Gasteiger partial charge >= 0.3 is 0 Å². The highest BCUT2D eigenvalue weighted by atomic mass is 35.5. The van der Waals surface area contributed by atoms with Gasteiger partial charge in [0.05, 0.1) is 6.61 Å². The molecule has 0 heterocycles. The van der Waals surface area contributed by atoms with Crippen molar-refractivity contribution in [1.29, 1.82) is 0 Å². The minimum absolute atomic E-state index is 0. The Kier molecular flexibility index (Phi) is 5.50. The van der Waals surface area contributed by atoms with Gasteiger partial charge in [-0.05, 0) is 19.9 Å². The van der Waals surface area contributed by atoms with E-state index in [1.165, 1.54) is 6.07 Å². The van der Waals surface area contributed by atoms with Gasteiger partial charge in [0.2, 0.25) is 0 Å². The Morgan fingerprint density at radius 1 is 1.50 bits per heavy atom. The van der Waals surface area contributed by atoms with E-state index in [4.69, 9.17) is 10.5 Å². The maximum atomic E-state index is 13.3. The first-order chi connectivity index (χ1) is 6.15. The van der Waals surface area contributed by atoms with Crippen molar-refractivity contribution in [1.82, 2.24) is 0 Å². The summed E-state index contributed by atoms with van der Waals surface area (Å²) < 4.78 is 18.4. The highest BCUT2D eigenvalue weighted by Gasteiger charge is 2.07. The first-order valence-corrected chi connectivity index (χ1v) is 4.33. The quantitative estimate of drug-likeness (QED) is 0.849. The van der Waals surface area contributed by atoms with E-state index >= 15 is 0 Å². The van der Waals surface area contributed by atoms with E-state index in [1.807, 2.05) is 6.92 Å². The number of nitrogens with two attached hydrogens (primary N) is 1. The lowest BCUT2D eigenvalue weighted by atomic mass is 10.1. The molecule has 1 aromatic carbocycles. The van der Waals surface area contributed by atoms with Crippen LogP contribution in [0.3, 0.4) is 0 Å². The molecule has 0 spiro atoms. The maximum absolute atomic E-state index is 13.3. The molecule has 0 saturated carbocycles. The molecule has 0 aliphatic rings. The van der Waals surface area contributed by atoms with Crippen LogP contribution in [-0.4, -0.2) is 6.61 Å². The molecule has 0 amide bonds. The van der Waals surface area contributed by atoms with Gasteiger partial charge in [-0.1, -0.05) is 6.07 Å². The molecule has 0 bridgehead atoms. The third-order valence-electron chi connectivity index (χ3n) is 1.77. The van der Waals surface area contributed by atoms with Gasteiger partial charge in [0.1, 0.15) is 11.6 Å². The number of hydrogen-bond donors (Lipinski definition) is 1. The van der Waals surface area contributed by atoms with Crippen molar-refractivity contribution in [3.05, 3.63) is 29.6 Å². The summed E-state index contributed by atoms with van der Waals surface area (Å²) in [7, 11) is 0. The summed E-state index contributed by atoms with van der Waals surface area (Å²) in [4.78, 5) is 0. The molecular formula is C10H15ClFNO. The molecule has 0 aliphatic carbocycles. The molecule has 0 aliphatic heterocycles. The van der Waals surface area contributed by atoms with Gasteiger partial charge in [-0.25, -0.2) is 4.39 Å². The monoisotopic (exact) mass is 219 g/mol. The van der Waals surface area contributed by atoms with Crippen LogP contribution in [0.4, 0.5) is 4.39 Å². The van der Waals surface area contributed by atoms with E-state index in [0.717, 1.165) is 0 Å². The smallest absolute Gasteiger partial charge is 0.131 e. The second-order valence-corrected chi connectivity index (χ2v) is 2.91. The third-order valence-corrected chi connectivity index (χ3v) is 1.77. The van der Waals surface area contributed by atoms with E-state index < -0.39 is 0 Å². The molecule has 0 aromatic heterocycles. The van der Waals surface area contributed by atoms with Gasteiger partial charge in [-0.2, -0.15) is 0 Å². The third kappa shape index (κ3) is 3.16. The number of benzene rings is 1. The van der Waals surface area contributed by atoms with Crippen molar-refractivity contribution in [3.8, 4) is 5.75 Å². The van der Waals surface area contributed by atoms with E-state index in [2.05, 4.69) is 0 Å². The maximum Gasteiger partial charge on any atom is 0.131 e. The highest BCUT2D eigenvalue weighted by molar-refractivity contribution is 5.85. The molecule has 14 heavy (non-hydrogen) atoms. The van der Waals surface area contributed by atoms with Crippen LogP contribution in [0.5, 0.6) is 5.75 Å². The minimum atomic E-state index is -0.305. The topological polar surface area (TPSA) is 35.2 Å². The summed E-state index contributed by atoms with van der Waals surface area (Å²) in [5.41, 5.74) is 6.07. The largest absolute Gasteiger partial charge is 0.494 e. The molecule has 0 radical (unpaired) electrons. The van der Waals surface area contributed by atoms with Crippen LogP contribution in [0, 0.1) is 5.82 Å². The Morgan fingerprint density at radius 3 is 2.57 bits per heavy atom. The van der Waals surface area contributed by atoms with E-state index in [1.54, 1.807) is 19.1 Å². The first kappa shape index (κ1) is 13.2. The molecule has 0 saturated heterocycles. The minimum Gasteiger partial charge on any atom is -0.494 e. The Labute approximate surface area is 89.7 Å². The number of halogens is 2. The van der Waals surface area contributed by atoms with Crippen molar-refractivity contribution < 1.29 is 9.13 Å². The Morgan fingerprint density at radius 2 is 2.14 bits per heavy atom. The molecule has 0 unspecified atom stereocenters. The molecule has 1 aromatic rings. The molecule has 4 heteroatoms. The Bertz CT molecular complexity index is 291. The highest BCUT2D eigenvalue weighted by Crippen LogP contribution is 2.20. The standard InChI is InChI=1S/C10H14FNO.ClH/c1-3-13-8-4-5-9(7(2)12)10(11)6-8;/h4-7H,3,12H2,1-2H3;1H/t7-;/m1./s1. The van der Waals surface area contributed by atoms with Crippen LogP contribution in [0.2, 0.25) is 0 Å². The fraction of sp³-hybridized carbons (Fsp3) is 0.400.